The van der Waals surface area contributed by atoms with Gasteiger partial charge in [0.05, 0.1) is 67.9 Å². The largest absolute Gasteiger partial charge is 0.382 e. The summed E-state index contributed by atoms with van der Waals surface area (Å²) in [6, 6.07) is 11.9. The average Bonchev–Trinajstić information content (AvgIpc) is 3.55. The van der Waals surface area contributed by atoms with Crippen LogP contribution < -0.4 is 26.6 Å². The van der Waals surface area contributed by atoms with E-state index in [1.165, 1.54) is 18.2 Å². The Morgan fingerprint density at radius 1 is 0.969 bits per heavy atom. The Labute approximate surface area is 376 Å². The minimum atomic E-state index is -1.05. The monoisotopic (exact) mass is 895 g/mol. The highest BCUT2D eigenvalue weighted by molar-refractivity contribution is 6.25. The second-order valence-corrected chi connectivity index (χ2v) is 17.1. The Morgan fingerprint density at radius 3 is 2.42 bits per heavy atom. The quantitative estimate of drug-likeness (QED) is 0.104. The SMILES string of the molecule is CC(N)C(C=NC1CCN(C(=O)CCOCCNc2cccc3c2C(=O)N(C2CCC(=O)NC2=O)C3=O)CC1)=C1CN(C)c2cccc(-c3cc(F)c(CN4CCOCC4)c(F)c3)c2N1. The van der Waals surface area contributed by atoms with Gasteiger partial charge in [0.2, 0.25) is 17.7 Å². The lowest BCUT2D eigenvalue weighted by molar-refractivity contribution is -0.136. The lowest BCUT2D eigenvalue weighted by Crippen LogP contribution is -2.54. The fourth-order valence-corrected chi connectivity index (χ4v) is 9.06. The summed E-state index contributed by atoms with van der Waals surface area (Å²) in [7, 11) is 1.96. The van der Waals surface area contributed by atoms with Gasteiger partial charge in [0.25, 0.3) is 11.8 Å². The summed E-state index contributed by atoms with van der Waals surface area (Å²) < 4.78 is 42.2. The number of fused-ring (bicyclic) bond motifs is 2. The summed E-state index contributed by atoms with van der Waals surface area (Å²) in [6.45, 7) is 6.75. The fraction of sp³-hybridized carbons (Fsp3) is 0.447. The van der Waals surface area contributed by atoms with E-state index in [4.69, 9.17) is 20.2 Å². The van der Waals surface area contributed by atoms with Crippen LogP contribution in [0.2, 0.25) is 0 Å². The van der Waals surface area contributed by atoms with Crippen LogP contribution in [0.5, 0.6) is 0 Å². The van der Waals surface area contributed by atoms with E-state index >= 15 is 8.78 Å². The molecular formula is C47H55F2N9O7. The van der Waals surface area contributed by atoms with Crippen LogP contribution in [-0.2, 0) is 30.4 Å². The topological polar surface area (TPSA) is 191 Å². The van der Waals surface area contributed by atoms with Crippen molar-refractivity contribution in [3.63, 3.8) is 0 Å². The maximum Gasteiger partial charge on any atom is 0.264 e. The lowest BCUT2D eigenvalue weighted by Gasteiger charge is -2.34. The molecule has 2 atom stereocenters. The number of morpholine rings is 1. The third-order valence-electron chi connectivity index (χ3n) is 12.6. The number of hydrogen-bond donors (Lipinski definition) is 4. The molecule has 0 aliphatic carbocycles. The number of carbonyl (C=O) groups excluding carboxylic acids is 5. The van der Waals surface area contributed by atoms with Crippen molar-refractivity contribution in [2.75, 3.05) is 88.3 Å². The minimum Gasteiger partial charge on any atom is -0.382 e. The summed E-state index contributed by atoms with van der Waals surface area (Å²) in [6.07, 6.45) is 3.49. The molecule has 3 fully saturated rings. The van der Waals surface area contributed by atoms with Gasteiger partial charge in [-0.25, -0.2) is 8.78 Å². The van der Waals surface area contributed by atoms with E-state index in [-0.39, 0.29) is 73.7 Å². The van der Waals surface area contributed by atoms with Crippen molar-refractivity contribution in [1.82, 2.24) is 20.0 Å². The molecule has 5 amide bonds. The van der Waals surface area contributed by atoms with Crippen LogP contribution >= 0.6 is 0 Å². The molecule has 18 heteroatoms. The molecule has 3 aromatic rings. The average molecular weight is 896 g/mol. The number of hydrogen-bond acceptors (Lipinski definition) is 13. The molecule has 3 saturated heterocycles. The Hall–Kier alpha value is -6.08. The first-order chi connectivity index (χ1) is 31.4. The number of anilines is 3. The number of likely N-dealkylation sites (tertiary alicyclic amines) is 1. The summed E-state index contributed by atoms with van der Waals surface area (Å²) in [5.41, 5.74) is 11.7. The zero-order valence-electron chi connectivity index (χ0n) is 36.7. The van der Waals surface area contributed by atoms with Crippen LogP contribution in [0.3, 0.4) is 0 Å². The number of carbonyl (C=O) groups is 5. The van der Waals surface area contributed by atoms with Crippen molar-refractivity contribution < 1.29 is 42.2 Å². The van der Waals surface area contributed by atoms with Gasteiger partial charge in [-0.05, 0) is 62.1 Å². The highest BCUT2D eigenvalue weighted by Gasteiger charge is 2.45. The van der Waals surface area contributed by atoms with Crippen LogP contribution in [0.15, 0.2) is 64.8 Å². The molecule has 16 nitrogen and oxygen atoms in total. The maximum atomic E-state index is 15.5. The summed E-state index contributed by atoms with van der Waals surface area (Å²) in [5, 5.41) is 8.90. The number of aliphatic imine (C=N–C) groups is 1. The van der Waals surface area contributed by atoms with Crippen molar-refractivity contribution in [2.45, 2.75) is 63.7 Å². The number of piperidine rings is 2. The molecule has 2 unspecified atom stereocenters. The van der Waals surface area contributed by atoms with Gasteiger partial charge in [-0.2, -0.15) is 0 Å². The van der Waals surface area contributed by atoms with E-state index in [0.29, 0.717) is 82.1 Å². The molecule has 0 saturated carbocycles. The second kappa shape index (κ2) is 20.0. The van der Waals surface area contributed by atoms with Gasteiger partial charge in [0.15, 0.2) is 0 Å². The molecule has 5 N–H and O–H groups in total. The van der Waals surface area contributed by atoms with E-state index in [2.05, 4.69) is 20.9 Å². The molecule has 5 heterocycles. The molecule has 344 valence electrons. The van der Waals surface area contributed by atoms with Crippen molar-refractivity contribution in [2.24, 2.45) is 10.7 Å². The number of nitrogens with one attached hydrogen (secondary N) is 3. The van der Waals surface area contributed by atoms with Gasteiger partial charge in [0.1, 0.15) is 17.7 Å². The van der Waals surface area contributed by atoms with Crippen molar-refractivity contribution >= 4 is 52.8 Å². The van der Waals surface area contributed by atoms with Crippen LogP contribution in [0.25, 0.3) is 11.1 Å². The molecule has 3 aromatic carbocycles. The number of benzene rings is 3. The molecule has 65 heavy (non-hydrogen) atoms. The maximum absolute atomic E-state index is 15.5. The van der Waals surface area contributed by atoms with Crippen molar-refractivity contribution in [1.29, 1.82) is 0 Å². The first-order valence-electron chi connectivity index (χ1n) is 22.2. The zero-order valence-corrected chi connectivity index (χ0v) is 36.7. The zero-order chi connectivity index (χ0) is 45.8. The second-order valence-electron chi connectivity index (χ2n) is 17.1. The predicted octanol–water partition coefficient (Wildman–Crippen LogP) is 3.91. The van der Waals surface area contributed by atoms with E-state index in [1.54, 1.807) is 12.1 Å². The number of amides is 5. The highest BCUT2D eigenvalue weighted by Crippen LogP contribution is 2.41. The number of nitrogens with zero attached hydrogens (tertiary/aromatic N) is 5. The first kappa shape index (κ1) is 45.5. The molecule has 5 aliphatic heterocycles. The van der Waals surface area contributed by atoms with E-state index in [9.17, 15) is 24.0 Å². The van der Waals surface area contributed by atoms with Gasteiger partial charge in [-0.1, -0.05) is 18.2 Å². The molecule has 8 rings (SSSR count). The van der Waals surface area contributed by atoms with Crippen LogP contribution in [-0.4, -0.2) is 141 Å². The fourth-order valence-electron chi connectivity index (χ4n) is 9.06. The number of para-hydroxylation sites is 1. The summed E-state index contributed by atoms with van der Waals surface area (Å²) in [5.74, 6) is -3.48. The minimum absolute atomic E-state index is 0.0143. The molecular weight excluding hydrogens is 841 g/mol. The first-order valence-corrected chi connectivity index (χ1v) is 22.2. The van der Waals surface area contributed by atoms with Crippen molar-refractivity contribution in [3.05, 3.63) is 88.1 Å². The van der Waals surface area contributed by atoms with E-state index in [0.717, 1.165) is 27.5 Å². The summed E-state index contributed by atoms with van der Waals surface area (Å²) in [4.78, 5) is 75.4. The van der Waals surface area contributed by atoms with Gasteiger partial charge >= 0.3 is 0 Å². The molecule has 0 bridgehead atoms. The molecule has 0 spiro atoms. The number of likely N-dealkylation sites (N-methyl/N-ethyl adjacent to an activating group) is 1. The van der Waals surface area contributed by atoms with Gasteiger partial charge < -0.3 is 35.6 Å². The lowest BCUT2D eigenvalue weighted by atomic mass is 9.97. The third-order valence-corrected chi connectivity index (χ3v) is 12.6. The van der Waals surface area contributed by atoms with Crippen LogP contribution in [0.1, 0.15) is 65.3 Å². The van der Waals surface area contributed by atoms with Gasteiger partial charge in [-0.3, -0.25) is 44.1 Å². The molecule has 0 radical (unpaired) electrons. The standard InChI is InChI=1S/C47H55F2N9O7/c1-28(50)33(38-27-55(2)39-8-4-5-31(44(39)53-38)29-23-35(48)34(36(49)24-29)26-56-17-21-65-22-18-56)25-52-30-11-15-57(16-12-30)42(60)13-19-64-20-14-51-37-7-3-6-32-43(37)47(63)58(46(32)62)40-9-10-41(59)54-45(40)61/h3-8,23-25,28,30,40,51,53H,9-22,26-27,50H2,1-2H3,(H,54,59,61). The normalized spacial score (nSPS) is 20.8. The van der Waals surface area contributed by atoms with Crippen LogP contribution in [0, 0.1) is 11.6 Å². The van der Waals surface area contributed by atoms with Gasteiger partial charge in [0, 0.05) is 93.1 Å². The number of rotatable bonds is 14. The highest BCUT2D eigenvalue weighted by atomic mass is 19.1. The Bertz CT molecular complexity index is 2390. The summed E-state index contributed by atoms with van der Waals surface area (Å²) >= 11 is 0. The van der Waals surface area contributed by atoms with Gasteiger partial charge in [-0.15, -0.1) is 0 Å². The predicted molar refractivity (Wildman–Crippen MR) is 241 cm³/mol. The third kappa shape index (κ3) is 9.95. The Balaban J connectivity index is 0.817. The van der Waals surface area contributed by atoms with Crippen molar-refractivity contribution in [3.8, 4) is 11.1 Å². The number of nitrogens with two attached hydrogens (primary N) is 1. The molecule has 0 aromatic heterocycles. The smallest absolute Gasteiger partial charge is 0.264 e. The van der Waals surface area contributed by atoms with Crippen LogP contribution in [0.4, 0.5) is 25.8 Å². The Kier molecular flexibility index (Phi) is 14.0. The van der Waals surface area contributed by atoms with E-state index in [1.807, 2.05) is 48.2 Å². The number of imide groups is 2. The molecule has 5 aliphatic rings. The number of halogens is 2. The number of ether oxygens (including phenoxy) is 2. The van der Waals surface area contributed by atoms with E-state index < -0.39 is 41.3 Å². The Morgan fingerprint density at radius 2 is 1.69 bits per heavy atom.